The second kappa shape index (κ2) is 5.91. The third kappa shape index (κ3) is 3.02. The Bertz CT molecular complexity index is 684. The molecule has 0 aliphatic heterocycles. The molecule has 5 heteroatoms. The fourth-order valence-electron chi connectivity index (χ4n) is 2.20. The summed E-state index contributed by atoms with van der Waals surface area (Å²) >= 11 is 0. The van der Waals surface area contributed by atoms with Gasteiger partial charge in [0.2, 0.25) is 5.91 Å². The first-order valence-electron chi connectivity index (χ1n) is 6.70. The van der Waals surface area contributed by atoms with E-state index in [1.165, 1.54) is 7.11 Å². The van der Waals surface area contributed by atoms with Crippen LogP contribution >= 0.6 is 0 Å². The molecular formula is C16H18N2O3. The van der Waals surface area contributed by atoms with E-state index in [0.29, 0.717) is 5.69 Å². The molecule has 0 radical (unpaired) electrons. The average molecular weight is 286 g/mol. The Morgan fingerprint density at radius 1 is 1.24 bits per heavy atom. The van der Waals surface area contributed by atoms with E-state index in [0.717, 1.165) is 10.9 Å². The standard InChI is InChI=1S/C16H18N2O3/c1-16(15(17)20,10-9-14(19)21-2)13-8-7-11-5-3-4-6-12(11)18-13/h3-8H,9-10H2,1-2H3,(H2,17,20). The maximum Gasteiger partial charge on any atom is 0.305 e. The number of ether oxygens (including phenoxy) is 1. The van der Waals surface area contributed by atoms with Gasteiger partial charge in [-0.2, -0.15) is 0 Å². The van der Waals surface area contributed by atoms with Gasteiger partial charge >= 0.3 is 5.97 Å². The highest BCUT2D eigenvalue weighted by Gasteiger charge is 2.35. The van der Waals surface area contributed by atoms with E-state index in [1.807, 2.05) is 30.3 Å². The number of nitrogens with zero attached hydrogens (tertiary/aromatic N) is 1. The summed E-state index contributed by atoms with van der Waals surface area (Å²) in [6, 6.07) is 11.3. The van der Waals surface area contributed by atoms with E-state index >= 15 is 0 Å². The Morgan fingerprint density at radius 2 is 1.95 bits per heavy atom. The summed E-state index contributed by atoms with van der Waals surface area (Å²) in [4.78, 5) is 27.7. The fourth-order valence-corrected chi connectivity index (χ4v) is 2.20. The number of hydrogen-bond acceptors (Lipinski definition) is 4. The summed E-state index contributed by atoms with van der Waals surface area (Å²) in [7, 11) is 1.32. The van der Waals surface area contributed by atoms with Crippen LogP contribution in [0.4, 0.5) is 0 Å². The zero-order valence-electron chi connectivity index (χ0n) is 12.1. The molecule has 0 aliphatic rings. The summed E-state index contributed by atoms with van der Waals surface area (Å²) < 4.78 is 4.62. The molecule has 21 heavy (non-hydrogen) atoms. The van der Waals surface area contributed by atoms with E-state index < -0.39 is 11.3 Å². The molecule has 1 aromatic carbocycles. The normalized spacial score (nSPS) is 13.6. The van der Waals surface area contributed by atoms with Crippen LogP contribution in [0.2, 0.25) is 0 Å². The van der Waals surface area contributed by atoms with Gasteiger partial charge in [-0.1, -0.05) is 24.3 Å². The van der Waals surface area contributed by atoms with E-state index in [4.69, 9.17) is 5.73 Å². The van der Waals surface area contributed by atoms with Crippen molar-refractivity contribution in [3.05, 3.63) is 42.1 Å². The molecule has 0 fully saturated rings. The van der Waals surface area contributed by atoms with Crippen LogP contribution in [0.5, 0.6) is 0 Å². The van der Waals surface area contributed by atoms with Gasteiger partial charge in [-0.3, -0.25) is 14.6 Å². The predicted octanol–water partition coefficient (Wildman–Crippen LogP) is 1.93. The number of carbonyl (C=O) groups is 2. The lowest BCUT2D eigenvalue weighted by Crippen LogP contribution is -2.39. The van der Waals surface area contributed by atoms with Crippen LogP contribution in [-0.2, 0) is 19.7 Å². The Labute approximate surface area is 123 Å². The van der Waals surface area contributed by atoms with Crippen LogP contribution in [0.1, 0.15) is 25.5 Å². The first kappa shape index (κ1) is 15.0. The van der Waals surface area contributed by atoms with E-state index in [-0.39, 0.29) is 18.8 Å². The highest BCUT2D eigenvalue weighted by atomic mass is 16.5. The van der Waals surface area contributed by atoms with Gasteiger partial charge in [0, 0.05) is 11.8 Å². The van der Waals surface area contributed by atoms with Crippen molar-refractivity contribution in [3.63, 3.8) is 0 Å². The molecule has 0 saturated carbocycles. The summed E-state index contributed by atoms with van der Waals surface area (Å²) in [5.74, 6) is -0.877. The van der Waals surface area contributed by atoms with Gasteiger partial charge < -0.3 is 10.5 Å². The third-order valence-electron chi connectivity index (χ3n) is 3.76. The highest BCUT2D eigenvalue weighted by molar-refractivity contribution is 5.87. The second-order valence-electron chi connectivity index (χ2n) is 5.16. The van der Waals surface area contributed by atoms with Crippen LogP contribution in [0.3, 0.4) is 0 Å². The zero-order chi connectivity index (χ0) is 15.5. The Kier molecular flexibility index (Phi) is 4.21. The maximum absolute atomic E-state index is 11.9. The number of rotatable bonds is 5. The quantitative estimate of drug-likeness (QED) is 0.851. The van der Waals surface area contributed by atoms with Crippen molar-refractivity contribution in [1.82, 2.24) is 4.98 Å². The topological polar surface area (TPSA) is 82.3 Å². The number of benzene rings is 1. The number of hydrogen-bond donors (Lipinski definition) is 1. The molecule has 1 unspecified atom stereocenters. The van der Waals surface area contributed by atoms with Gasteiger partial charge in [0.25, 0.3) is 0 Å². The molecule has 0 saturated heterocycles. The summed E-state index contributed by atoms with van der Waals surface area (Å²) in [6.45, 7) is 1.70. The summed E-state index contributed by atoms with van der Waals surface area (Å²) in [5.41, 5.74) is 5.90. The van der Waals surface area contributed by atoms with Gasteiger partial charge in [-0.05, 0) is 25.5 Å². The smallest absolute Gasteiger partial charge is 0.305 e. The summed E-state index contributed by atoms with van der Waals surface area (Å²) in [5, 5.41) is 0.987. The number of esters is 1. The first-order valence-corrected chi connectivity index (χ1v) is 6.70. The number of methoxy groups -OCH3 is 1. The molecule has 0 aliphatic carbocycles. The van der Waals surface area contributed by atoms with Crippen LogP contribution in [0, 0.1) is 0 Å². The lowest BCUT2D eigenvalue weighted by molar-refractivity contribution is -0.141. The van der Waals surface area contributed by atoms with Gasteiger partial charge in [0.15, 0.2) is 0 Å². The minimum atomic E-state index is -1.00. The van der Waals surface area contributed by atoms with Crippen molar-refractivity contribution in [2.24, 2.45) is 5.73 Å². The SMILES string of the molecule is COC(=O)CCC(C)(C(N)=O)c1ccc2ccccc2n1. The minimum absolute atomic E-state index is 0.116. The van der Waals surface area contributed by atoms with Gasteiger partial charge in [-0.15, -0.1) is 0 Å². The number of para-hydroxylation sites is 1. The molecule has 1 aromatic heterocycles. The molecule has 2 N–H and O–H groups in total. The molecule has 1 atom stereocenters. The molecular weight excluding hydrogens is 268 g/mol. The highest BCUT2D eigenvalue weighted by Crippen LogP contribution is 2.29. The van der Waals surface area contributed by atoms with E-state index in [9.17, 15) is 9.59 Å². The molecule has 1 heterocycles. The van der Waals surface area contributed by atoms with Crippen LogP contribution in [0.15, 0.2) is 36.4 Å². The number of nitrogens with two attached hydrogens (primary N) is 1. The lowest BCUT2D eigenvalue weighted by Gasteiger charge is -2.25. The largest absolute Gasteiger partial charge is 0.469 e. The molecule has 2 rings (SSSR count). The molecule has 0 spiro atoms. The second-order valence-corrected chi connectivity index (χ2v) is 5.16. The Balaban J connectivity index is 2.39. The van der Waals surface area contributed by atoms with E-state index in [1.54, 1.807) is 13.0 Å². The van der Waals surface area contributed by atoms with Crippen molar-refractivity contribution in [2.45, 2.75) is 25.2 Å². The third-order valence-corrected chi connectivity index (χ3v) is 3.76. The predicted molar refractivity (Wildman–Crippen MR) is 79.5 cm³/mol. The number of aromatic nitrogens is 1. The van der Waals surface area contributed by atoms with Crippen molar-refractivity contribution >= 4 is 22.8 Å². The van der Waals surface area contributed by atoms with Gasteiger partial charge in [-0.25, -0.2) is 0 Å². The van der Waals surface area contributed by atoms with Crippen molar-refractivity contribution in [1.29, 1.82) is 0 Å². The molecule has 1 amide bonds. The molecule has 110 valence electrons. The monoisotopic (exact) mass is 286 g/mol. The molecule has 2 aromatic rings. The first-order chi connectivity index (χ1) is 9.97. The van der Waals surface area contributed by atoms with Gasteiger partial charge in [0.1, 0.15) is 0 Å². The fraction of sp³-hybridized carbons (Fsp3) is 0.312. The molecule has 5 nitrogen and oxygen atoms in total. The number of pyridine rings is 1. The Morgan fingerprint density at radius 3 is 2.62 bits per heavy atom. The number of amides is 1. The number of carbonyl (C=O) groups excluding carboxylic acids is 2. The number of primary amides is 1. The minimum Gasteiger partial charge on any atom is -0.469 e. The average Bonchev–Trinajstić information content (AvgIpc) is 2.51. The summed E-state index contributed by atoms with van der Waals surface area (Å²) in [6.07, 6.45) is 0.380. The maximum atomic E-state index is 11.9. The van der Waals surface area contributed by atoms with Crippen LogP contribution in [-0.4, -0.2) is 24.0 Å². The number of fused-ring (bicyclic) bond motifs is 1. The van der Waals surface area contributed by atoms with E-state index in [2.05, 4.69) is 9.72 Å². The molecule has 0 bridgehead atoms. The van der Waals surface area contributed by atoms with Crippen LogP contribution in [0.25, 0.3) is 10.9 Å². The zero-order valence-corrected chi connectivity index (χ0v) is 12.1. The van der Waals surface area contributed by atoms with Gasteiger partial charge in [0.05, 0.1) is 23.7 Å². The van der Waals surface area contributed by atoms with Crippen molar-refractivity contribution in [2.75, 3.05) is 7.11 Å². The van der Waals surface area contributed by atoms with Crippen molar-refractivity contribution < 1.29 is 14.3 Å². The van der Waals surface area contributed by atoms with Crippen molar-refractivity contribution in [3.8, 4) is 0 Å². The van der Waals surface area contributed by atoms with Crippen LogP contribution < -0.4 is 5.73 Å². The Hall–Kier alpha value is -2.43. The lowest BCUT2D eigenvalue weighted by atomic mass is 9.80.